The van der Waals surface area contributed by atoms with Crippen molar-refractivity contribution in [2.24, 2.45) is 0 Å². The Balaban J connectivity index is 1.73. The second kappa shape index (κ2) is 10.0. The number of rotatable bonds is 6. The van der Waals surface area contributed by atoms with Crippen molar-refractivity contribution in [3.63, 3.8) is 0 Å². The summed E-state index contributed by atoms with van der Waals surface area (Å²) in [5.41, 5.74) is 0.146. The van der Waals surface area contributed by atoms with E-state index in [9.17, 15) is 27.5 Å². The number of benzene rings is 2. The largest absolute Gasteiger partial charge is 0.506 e. The Bertz CT molecular complexity index is 1410. The first kappa shape index (κ1) is 24.7. The number of Topliss-reactive ketones (excluding diaryl/α,β-unsaturated/α-hetero) is 1. The predicted octanol–water partition coefficient (Wildman–Crippen LogP) is 5.13. The van der Waals surface area contributed by atoms with Gasteiger partial charge in [0.05, 0.1) is 16.0 Å². The molecule has 2 aromatic carbocycles. The summed E-state index contributed by atoms with van der Waals surface area (Å²) in [5.74, 6) is -1.57. The first-order chi connectivity index (χ1) is 16.7. The number of hydrogen-bond acceptors (Lipinski definition) is 6. The van der Waals surface area contributed by atoms with Gasteiger partial charge in [-0.05, 0) is 61.2 Å². The van der Waals surface area contributed by atoms with E-state index in [1.807, 2.05) is 6.92 Å². The van der Waals surface area contributed by atoms with Crippen molar-refractivity contribution in [3.8, 4) is 5.75 Å². The molecule has 0 aliphatic heterocycles. The van der Waals surface area contributed by atoms with Crippen LogP contribution in [0.2, 0.25) is 0 Å². The molecule has 3 aromatic rings. The summed E-state index contributed by atoms with van der Waals surface area (Å²) in [6.07, 6.45) is 3.37. The van der Waals surface area contributed by atoms with Crippen LogP contribution in [0.3, 0.4) is 0 Å². The van der Waals surface area contributed by atoms with Gasteiger partial charge in [-0.2, -0.15) is 0 Å². The summed E-state index contributed by atoms with van der Waals surface area (Å²) in [4.78, 5) is 25.6. The van der Waals surface area contributed by atoms with Crippen LogP contribution in [0.5, 0.6) is 5.75 Å². The molecular formula is C26H26FNO6S. The Kier molecular flexibility index (Phi) is 7.07. The van der Waals surface area contributed by atoms with E-state index in [0.717, 1.165) is 37.1 Å². The lowest BCUT2D eigenvalue weighted by molar-refractivity contribution is 0.0968. The molecule has 2 N–H and O–H groups in total. The Morgan fingerprint density at radius 3 is 2.49 bits per heavy atom. The van der Waals surface area contributed by atoms with Crippen LogP contribution in [0.4, 0.5) is 10.1 Å². The Labute approximate surface area is 202 Å². The number of sulfonamides is 1. The molecule has 1 atom stereocenters. The van der Waals surface area contributed by atoms with Gasteiger partial charge in [0, 0.05) is 24.4 Å². The zero-order chi connectivity index (χ0) is 25.2. The van der Waals surface area contributed by atoms with Crippen molar-refractivity contribution in [1.82, 2.24) is 0 Å². The highest BCUT2D eigenvalue weighted by Crippen LogP contribution is 2.37. The van der Waals surface area contributed by atoms with E-state index in [1.165, 1.54) is 0 Å². The van der Waals surface area contributed by atoms with Crippen LogP contribution in [0.1, 0.15) is 72.2 Å². The number of hydrogen-bond donors (Lipinski definition) is 2. The molecule has 1 aliphatic rings. The molecule has 7 nitrogen and oxygen atoms in total. The van der Waals surface area contributed by atoms with Crippen LogP contribution in [-0.2, 0) is 16.4 Å². The number of aromatic hydroxyl groups is 1. The SMILES string of the molecule is CC[C@H](c1cccc(NS(=O)(=O)c2ccc(F)cc2)c1)c1c(O)c2c(oc1=O)CCCCCC2=O. The maximum absolute atomic E-state index is 13.2. The first-order valence-electron chi connectivity index (χ1n) is 11.5. The topological polar surface area (TPSA) is 114 Å². The number of aryl methyl sites for hydroxylation is 1. The summed E-state index contributed by atoms with van der Waals surface area (Å²) in [6.45, 7) is 1.82. The quantitative estimate of drug-likeness (QED) is 0.486. The van der Waals surface area contributed by atoms with Crippen molar-refractivity contribution in [2.45, 2.75) is 56.3 Å². The molecule has 0 unspecified atom stereocenters. The van der Waals surface area contributed by atoms with Gasteiger partial charge in [0.15, 0.2) is 5.78 Å². The van der Waals surface area contributed by atoms with Gasteiger partial charge in [0.2, 0.25) is 0 Å². The summed E-state index contributed by atoms with van der Waals surface area (Å²) in [7, 11) is -3.98. The number of fused-ring (bicyclic) bond motifs is 1. The molecule has 0 saturated heterocycles. The minimum atomic E-state index is -3.98. The van der Waals surface area contributed by atoms with Crippen LogP contribution in [0, 0.1) is 5.82 Å². The highest BCUT2D eigenvalue weighted by Gasteiger charge is 2.30. The van der Waals surface area contributed by atoms with E-state index in [0.29, 0.717) is 24.8 Å². The molecule has 0 radical (unpaired) electrons. The highest BCUT2D eigenvalue weighted by atomic mass is 32.2. The number of anilines is 1. The summed E-state index contributed by atoms with van der Waals surface area (Å²) < 4.78 is 46.6. The van der Waals surface area contributed by atoms with Crippen LogP contribution in [0.25, 0.3) is 0 Å². The third-order valence-electron chi connectivity index (χ3n) is 6.21. The van der Waals surface area contributed by atoms with Crippen molar-refractivity contribution in [2.75, 3.05) is 4.72 Å². The number of carbonyl (C=O) groups excluding carboxylic acids is 1. The average Bonchev–Trinajstić information content (AvgIpc) is 2.80. The van der Waals surface area contributed by atoms with Crippen LogP contribution in [0.15, 0.2) is 62.6 Å². The van der Waals surface area contributed by atoms with Crippen molar-refractivity contribution in [3.05, 3.63) is 87.2 Å². The maximum Gasteiger partial charge on any atom is 0.343 e. The fraction of sp³-hybridized carbons (Fsp3) is 0.308. The standard InChI is InChI=1S/C26H26FNO6S/c1-2-20(23-25(30)24-21(29)9-4-3-5-10-22(24)34-26(23)31)16-7-6-8-18(15-16)28-35(32,33)19-13-11-17(27)12-14-19/h6-8,11-15,20,28,30H,2-5,9-10H2,1H3/t20-/m1/s1. The van der Waals surface area contributed by atoms with E-state index in [1.54, 1.807) is 24.3 Å². The molecule has 0 bridgehead atoms. The number of halogens is 1. The van der Waals surface area contributed by atoms with Gasteiger partial charge in [-0.3, -0.25) is 9.52 Å². The molecule has 184 valence electrons. The van der Waals surface area contributed by atoms with E-state index in [2.05, 4.69) is 4.72 Å². The Hall–Kier alpha value is -3.46. The molecule has 1 heterocycles. The minimum absolute atomic E-state index is 0.0151. The van der Waals surface area contributed by atoms with Gasteiger partial charge in [-0.25, -0.2) is 17.6 Å². The lowest BCUT2D eigenvalue weighted by Gasteiger charge is -2.20. The third-order valence-corrected chi connectivity index (χ3v) is 7.61. The zero-order valence-electron chi connectivity index (χ0n) is 19.2. The van der Waals surface area contributed by atoms with Gasteiger partial charge >= 0.3 is 5.63 Å². The molecule has 4 rings (SSSR count). The van der Waals surface area contributed by atoms with Gasteiger partial charge in [0.1, 0.15) is 17.3 Å². The number of nitrogens with one attached hydrogen (secondary N) is 1. The van der Waals surface area contributed by atoms with Crippen molar-refractivity contribution >= 4 is 21.5 Å². The lowest BCUT2D eigenvalue weighted by atomic mass is 9.86. The van der Waals surface area contributed by atoms with Crippen molar-refractivity contribution < 1.29 is 27.1 Å². The average molecular weight is 500 g/mol. The predicted molar refractivity (Wildman–Crippen MR) is 129 cm³/mol. The van der Waals surface area contributed by atoms with E-state index < -0.39 is 27.4 Å². The second-order valence-electron chi connectivity index (χ2n) is 8.58. The van der Waals surface area contributed by atoms with Gasteiger partial charge in [-0.15, -0.1) is 0 Å². The molecule has 0 saturated carbocycles. The molecule has 1 aliphatic carbocycles. The Morgan fingerprint density at radius 1 is 1.06 bits per heavy atom. The third kappa shape index (κ3) is 5.14. The summed E-state index contributed by atoms with van der Waals surface area (Å²) in [6, 6.07) is 10.9. The monoisotopic (exact) mass is 499 g/mol. The molecule has 0 spiro atoms. The number of ketones is 1. The summed E-state index contributed by atoms with van der Waals surface area (Å²) >= 11 is 0. The second-order valence-corrected chi connectivity index (χ2v) is 10.3. The molecule has 1 aromatic heterocycles. The fourth-order valence-corrected chi connectivity index (χ4v) is 5.53. The maximum atomic E-state index is 13.2. The van der Waals surface area contributed by atoms with E-state index >= 15 is 0 Å². The number of carbonyl (C=O) groups is 1. The van der Waals surface area contributed by atoms with Gasteiger partial charge < -0.3 is 9.52 Å². The smallest absolute Gasteiger partial charge is 0.343 e. The van der Waals surface area contributed by atoms with Crippen LogP contribution < -0.4 is 10.3 Å². The first-order valence-corrected chi connectivity index (χ1v) is 13.0. The van der Waals surface area contributed by atoms with Gasteiger partial charge in [0.25, 0.3) is 10.0 Å². The van der Waals surface area contributed by atoms with Crippen LogP contribution >= 0.6 is 0 Å². The molecule has 0 amide bonds. The minimum Gasteiger partial charge on any atom is -0.506 e. The fourth-order valence-electron chi connectivity index (χ4n) is 4.48. The highest BCUT2D eigenvalue weighted by molar-refractivity contribution is 7.92. The molecular weight excluding hydrogens is 473 g/mol. The molecule has 0 fully saturated rings. The normalized spacial score (nSPS) is 15.1. The van der Waals surface area contributed by atoms with Crippen LogP contribution in [-0.4, -0.2) is 19.3 Å². The van der Waals surface area contributed by atoms with E-state index in [-0.39, 0.29) is 45.4 Å². The van der Waals surface area contributed by atoms with Crippen molar-refractivity contribution in [1.29, 1.82) is 0 Å². The Morgan fingerprint density at radius 2 is 1.77 bits per heavy atom. The molecule has 35 heavy (non-hydrogen) atoms. The lowest BCUT2D eigenvalue weighted by Crippen LogP contribution is -2.20. The summed E-state index contributed by atoms with van der Waals surface area (Å²) in [5, 5.41) is 11.1. The van der Waals surface area contributed by atoms with E-state index in [4.69, 9.17) is 4.42 Å². The zero-order valence-corrected chi connectivity index (χ0v) is 20.0. The van der Waals surface area contributed by atoms with Gasteiger partial charge in [-0.1, -0.05) is 25.5 Å². The molecule has 9 heteroatoms.